The van der Waals surface area contributed by atoms with Gasteiger partial charge in [-0.15, -0.1) is 0 Å². The Morgan fingerprint density at radius 2 is 1.90 bits per heavy atom. The van der Waals surface area contributed by atoms with E-state index in [2.05, 4.69) is 65.9 Å². The van der Waals surface area contributed by atoms with Crippen LogP contribution in [-0.4, -0.2) is 50.8 Å². The molecule has 0 amide bonds. The second-order valence-corrected chi connectivity index (χ2v) is 8.61. The Kier molecular flexibility index (Phi) is 6.06. The molecule has 3 nitrogen and oxygen atoms in total. The van der Waals surface area contributed by atoms with Crippen LogP contribution >= 0.6 is 0 Å². The number of ether oxygens (including phenoxy) is 1. The van der Waals surface area contributed by atoms with Crippen LogP contribution in [0.2, 0.25) is 0 Å². The van der Waals surface area contributed by atoms with Crippen molar-refractivity contribution in [3.05, 3.63) is 0 Å². The monoisotopic (exact) mass is 284 g/mol. The lowest BCUT2D eigenvalue weighted by molar-refractivity contribution is -0.125. The van der Waals surface area contributed by atoms with Crippen molar-refractivity contribution in [2.75, 3.05) is 33.8 Å². The summed E-state index contributed by atoms with van der Waals surface area (Å²) in [6.45, 7) is 16.8. The van der Waals surface area contributed by atoms with Crippen LogP contribution in [-0.2, 0) is 4.74 Å². The maximum atomic E-state index is 6.03. The maximum absolute atomic E-state index is 6.03. The van der Waals surface area contributed by atoms with E-state index >= 15 is 0 Å². The molecule has 0 bridgehead atoms. The van der Waals surface area contributed by atoms with E-state index in [1.165, 1.54) is 0 Å². The van der Waals surface area contributed by atoms with Gasteiger partial charge in [0.15, 0.2) is 0 Å². The summed E-state index contributed by atoms with van der Waals surface area (Å²) in [5, 5.41) is 3.77. The quantitative estimate of drug-likeness (QED) is 0.741. The van der Waals surface area contributed by atoms with E-state index in [0.29, 0.717) is 23.5 Å². The molecular weight excluding hydrogens is 248 g/mol. The van der Waals surface area contributed by atoms with Crippen LogP contribution in [0, 0.1) is 16.7 Å². The molecule has 1 N–H and O–H groups in total. The van der Waals surface area contributed by atoms with E-state index in [1.807, 2.05) is 0 Å². The van der Waals surface area contributed by atoms with Crippen molar-refractivity contribution in [3.63, 3.8) is 0 Å². The summed E-state index contributed by atoms with van der Waals surface area (Å²) < 4.78 is 6.03. The van der Waals surface area contributed by atoms with Crippen molar-refractivity contribution in [1.29, 1.82) is 0 Å². The lowest BCUT2D eigenvalue weighted by atomic mass is 9.64. The van der Waals surface area contributed by atoms with Crippen LogP contribution in [0.4, 0.5) is 0 Å². The molecule has 0 aliphatic heterocycles. The highest BCUT2D eigenvalue weighted by Crippen LogP contribution is 2.43. The fourth-order valence-corrected chi connectivity index (χ4v) is 3.13. The lowest BCUT2D eigenvalue weighted by Gasteiger charge is -2.53. The van der Waals surface area contributed by atoms with Crippen LogP contribution in [0.25, 0.3) is 0 Å². The fourth-order valence-electron chi connectivity index (χ4n) is 3.13. The average molecular weight is 284 g/mol. The van der Waals surface area contributed by atoms with Gasteiger partial charge in [-0.25, -0.2) is 0 Å². The fraction of sp³-hybridized carbons (Fsp3) is 1.00. The first-order valence-corrected chi connectivity index (χ1v) is 8.04. The number of rotatable bonds is 8. The molecule has 3 heteroatoms. The summed E-state index contributed by atoms with van der Waals surface area (Å²) in [4.78, 5) is 2.27. The molecule has 1 rings (SSSR count). The summed E-state index contributed by atoms with van der Waals surface area (Å²) in [6, 6.07) is 0.584. The topological polar surface area (TPSA) is 24.5 Å². The van der Waals surface area contributed by atoms with Crippen molar-refractivity contribution in [3.8, 4) is 0 Å². The van der Waals surface area contributed by atoms with Gasteiger partial charge in [-0.1, -0.05) is 41.5 Å². The summed E-state index contributed by atoms with van der Waals surface area (Å²) in [6.07, 6.45) is 1.57. The first-order chi connectivity index (χ1) is 9.04. The molecule has 0 aromatic heterocycles. The predicted octanol–water partition coefficient (Wildman–Crippen LogP) is 3.00. The van der Waals surface area contributed by atoms with Gasteiger partial charge in [-0.2, -0.15) is 0 Å². The largest absolute Gasteiger partial charge is 0.377 e. The third kappa shape index (κ3) is 5.01. The van der Waals surface area contributed by atoms with E-state index in [1.54, 1.807) is 0 Å². The Bertz CT molecular complexity index is 297. The highest BCUT2D eigenvalue weighted by molar-refractivity contribution is 5.03. The van der Waals surface area contributed by atoms with E-state index in [0.717, 1.165) is 26.1 Å². The van der Waals surface area contributed by atoms with Gasteiger partial charge >= 0.3 is 0 Å². The van der Waals surface area contributed by atoms with Crippen molar-refractivity contribution in [2.24, 2.45) is 16.7 Å². The highest BCUT2D eigenvalue weighted by Gasteiger charge is 2.49. The first kappa shape index (κ1) is 17.9. The molecule has 1 saturated carbocycles. The summed E-state index contributed by atoms with van der Waals surface area (Å²) >= 11 is 0. The Balaban J connectivity index is 2.37. The third-order valence-corrected chi connectivity index (χ3v) is 4.38. The molecule has 0 aromatic carbocycles. The van der Waals surface area contributed by atoms with Crippen LogP contribution in [0.5, 0.6) is 0 Å². The van der Waals surface area contributed by atoms with Crippen LogP contribution in [0.1, 0.15) is 48.0 Å². The molecule has 120 valence electrons. The van der Waals surface area contributed by atoms with Crippen molar-refractivity contribution in [1.82, 2.24) is 10.2 Å². The normalized spacial score (nSPS) is 26.1. The molecule has 0 spiro atoms. The number of nitrogens with zero attached hydrogens (tertiary/aromatic N) is 1. The van der Waals surface area contributed by atoms with Crippen LogP contribution < -0.4 is 5.32 Å². The van der Waals surface area contributed by atoms with E-state index in [4.69, 9.17) is 4.74 Å². The van der Waals surface area contributed by atoms with Crippen molar-refractivity contribution < 1.29 is 4.74 Å². The highest BCUT2D eigenvalue weighted by atomic mass is 16.5. The minimum atomic E-state index is 0.253. The van der Waals surface area contributed by atoms with Gasteiger partial charge in [0.05, 0.1) is 6.10 Å². The van der Waals surface area contributed by atoms with Gasteiger partial charge in [0.2, 0.25) is 0 Å². The zero-order valence-electron chi connectivity index (χ0n) is 14.9. The second-order valence-electron chi connectivity index (χ2n) is 8.61. The zero-order valence-corrected chi connectivity index (χ0v) is 14.9. The molecule has 0 heterocycles. The molecule has 20 heavy (non-hydrogen) atoms. The molecule has 0 aromatic rings. The lowest BCUT2D eigenvalue weighted by Crippen LogP contribution is -2.62. The summed E-state index contributed by atoms with van der Waals surface area (Å²) in [7, 11) is 4.29. The van der Waals surface area contributed by atoms with Crippen molar-refractivity contribution >= 4 is 0 Å². The molecular formula is C17H36N2O. The van der Waals surface area contributed by atoms with Crippen molar-refractivity contribution in [2.45, 2.75) is 60.1 Å². The smallest absolute Gasteiger partial charge is 0.0656 e. The number of hydrogen-bond donors (Lipinski definition) is 1. The van der Waals surface area contributed by atoms with Gasteiger partial charge in [0.25, 0.3) is 0 Å². The zero-order chi connectivity index (χ0) is 15.6. The number of hydrogen-bond acceptors (Lipinski definition) is 3. The first-order valence-electron chi connectivity index (χ1n) is 8.04. The Morgan fingerprint density at radius 1 is 1.30 bits per heavy atom. The Labute approximate surface area is 126 Å². The average Bonchev–Trinajstić information content (AvgIpc) is 2.24. The SMILES string of the molecule is CC(C)COC1CC(NCC(C)(C)CN(C)C)C1(C)C. The van der Waals surface area contributed by atoms with Crippen LogP contribution in [0.3, 0.4) is 0 Å². The molecule has 2 unspecified atom stereocenters. The predicted molar refractivity (Wildman–Crippen MR) is 87.1 cm³/mol. The second kappa shape index (κ2) is 6.76. The molecule has 1 aliphatic carbocycles. The number of nitrogens with one attached hydrogen (secondary N) is 1. The molecule has 0 saturated heterocycles. The van der Waals surface area contributed by atoms with Gasteiger partial charge in [0.1, 0.15) is 0 Å². The van der Waals surface area contributed by atoms with Gasteiger partial charge < -0.3 is 15.0 Å². The van der Waals surface area contributed by atoms with E-state index < -0.39 is 0 Å². The molecule has 1 fully saturated rings. The minimum absolute atomic E-state index is 0.253. The van der Waals surface area contributed by atoms with Crippen LogP contribution in [0.15, 0.2) is 0 Å². The van der Waals surface area contributed by atoms with Gasteiger partial charge in [-0.3, -0.25) is 0 Å². The minimum Gasteiger partial charge on any atom is -0.377 e. The summed E-state index contributed by atoms with van der Waals surface area (Å²) in [5.74, 6) is 0.622. The maximum Gasteiger partial charge on any atom is 0.0656 e. The Hall–Kier alpha value is -0.120. The third-order valence-electron chi connectivity index (χ3n) is 4.38. The molecule has 1 aliphatic rings. The standard InChI is InChI=1S/C17H36N2O/c1-13(2)10-20-15-9-14(17(15,5)6)18-11-16(3,4)12-19(7)8/h13-15,18H,9-12H2,1-8H3. The molecule has 2 atom stereocenters. The van der Waals surface area contributed by atoms with E-state index in [-0.39, 0.29) is 5.41 Å². The van der Waals surface area contributed by atoms with E-state index in [9.17, 15) is 0 Å². The van der Waals surface area contributed by atoms with Gasteiger partial charge in [0, 0.05) is 31.2 Å². The van der Waals surface area contributed by atoms with Gasteiger partial charge in [-0.05, 0) is 31.8 Å². The Morgan fingerprint density at radius 3 is 2.35 bits per heavy atom. The summed E-state index contributed by atoms with van der Waals surface area (Å²) in [5.41, 5.74) is 0.562. The molecule has 0 radical (unpaired) electrons.